The molecule has 18 heavy (non-hydrogen) atoms. The fourth-order valence-electron chi connectivity index (χ4n) is 2.87. The molecule has 1 aromatic rings. The van der Waals surface area contributed by atoms with Gasteiger partial charge in [0.25, 0.3) is 0 Å². The Kier molecular flexibility index (Phi) is 3.49. The fourth-order valence-corrected chi connectivity index (χ4v) is 4.62. The van der Waals surface area contributed by atoms with Crippen molar-refractivity contribution < 1.29 is 13.5 Å². The highest BCUT2D eigenvalue weighted by Gasteiger charge is 2.43. The van der Waals surface area contributed by atoms with Gasteiger partial charge in [0.15, 0.2) is 9.84 Å². The van der Waals surface area contributed by atoms with Crippen LogP contribution in [0.3, 0.4) is 0 Å². The molecule has 1 aliphatic heterocycles. The highest BCUT2D eigenvalue weighted by atomic mass is 32.2. The highest BCUT2D eigenvalue weighted by Crippen LogP contribution is 2.42. The summed E-state index contributed by atoms with van der Waals surface area (Å²) in [6.45, 7) is 1.89. The summed E-state index contributed by atoms with van der Waals surface area (Å²) in [4.78, 5) is 0.377. The number of benzene rings is 1. The van der Waals surface area contributed by atoms with E-state index in [4.69, 9.17) is 5.73 Å². The normalized spacial score (nSPS) is 27.5. The van der Waals surface area contributed by atoms with Crippen molar-refractivity contribution in [2.75, 3.05) is 12.4 Å². The predicted molar refractivity (Wildman–Crippen MR) is 70.1 cm³/mol. The van der Waals surface area contributed by atoms with E-state index in [0.717, 1.165) is 5.56 Å². The number of sulfone groups is 1. The fraction of sp³-hybridized carbons (Fsp3) is 0.538. The van der Waals surface area contributed by atoms with Crippen LogP contribution in [0.2, 0.25) is 0 Å². The van der Waals surface area contributed by atoms with Gasteiger partial charge in [0.1, 0.15) is 0 Å². The SMILES string of the molecule is CC(N)C1(CCO)CCS(=O)(=O)c2ccccc21. The van der Waals surface area contributed by atoms with Crippen molar-refractivity contribution in [3.05, 3.63) is 29.8 Å². The van der Waals surface area contributed by atoms with Crippen LogP contribution in [0, 0.1) is 0 Å². The van der Waals surface area contributed by atoms with Gasteiger partial charge in [-0.05, 0) is 31.4 Å². The first-order valence-corrected chi connectivity index (χ1v) is 7.78. The Hall–Kier alpha value is -0.910. The summed E-state index contributed by atoms with van der Waals surface area (Å²) in [5, 5.41) is 9.28. The van der Waals surface area contributed by atoms with Crippen molar-refractivity contribution in [3.8, 4) is 0 Å². The Morgan fingerprint density at radius 3 is 2.72 bits per heavy atom. The first kappa shape index (κ1) is 13.5. The molecule has 0 saturated carbocycles. The molecule has 5 heteroatoms. The van der Waals surface area contributed by atoms with Gasteiger partial charge in [-0.15, -0.1) is 0 Å². The van der Waals surface area contributed by atoms with Crippen LogP contribution in [-0.4, -0.2) is 31.9 Å². The number of nitrogens with two attached hydrogens (primary N) is 1. The minimum Gasteiger partial charge on any atom is -0.396 e. The van der Waals surface area contributed by atoms with Crippen molar-refractivity contribution in [1.82, 2.24) is 0 Å². The molecule has 0 aliphatic carbocycles. The van der Waals surface area contributed by atoms with Gasteiger partial charge in [0.05, 0.1) is 10.6 Å². The molecule has 100 valence electrons. The molecular weight excluding hydrogens is 250 g/mol. The first-order chi connectivity index (χ1) is 8.44. The standard InChI is InChI=1S/C13H19NO3S/c1-10(14)13(6-8-15)7-9-18(16,17)12-5-3-2-4-11(12)13/h2-5,10,15H,6-9,14H2,1H3. The Labute approximate surface area is 108 Å². The van der Waals surface area contributed by atoms with Crippen LogP contribution >= 0.6 is 0 Å². The summed E-state index contributed by atoms with van der Waals surface area (Å²) in [7, 11) is -3.20. The third-order valence-corrected chi connectivity index (χ3v) is 5.77. The Morgan fingerprint density at radius 1 is 1.44 bits per heavy atom. The van der Waals surface area contributed by atoms with Crippen molar-refractivity contribution in [1.29, 1.82) is 0 Å². The maximum atomic E-state index is 12.1. The molecule has 1 aromatic carbocycles. The number of hydrogen-bond donors (Lipinski definition) is 2. The first-order valence-electron chi connectivity index (χ1n) is 6.13. The third-order valence-electron chi connectivity index (χ3n) is 4.00. The van der Waals surface area contributed by atoms with Crippen molar-refractivity contribution >= 4 is 9.84 Å². The Bertz CT molecular complexity index is 539. The molecule has 0 radical (unpaired) electrons. The summed E-state index contributed by atoms with van der Waals surface area (Å²) in [5.41, 5.74) is 6.42. The lowest BCUT2D eigenvalue weighted by molar-refractivity contribution is 0.210. The van der Waals surface area contributed by atoms with E-state index in [1.54, 1.807) is 12.1 Å². The minimum atomic E-state index is -3.20. The van der Waals surface area contributed by atoms with E-state index in [9.17, 15) is 13.5 Å². The van der Waals surface area contributed by atoms with Crippen molar-refractivity contribution in [2.24, 2.45) is 5.73 Å². The third kappa shape index (κ3) is 1.96. The van der Waals surface area contributed by atoms with E-state index >= 15 is 0 Å². The van der Waals surface area contributed by atoms with Crippen LogP contribution in [0.5, 0.6) is 0 Å². The van der Waals surface area contributed by atoms with Gasteiger partial charge < -0.3 is 10.8 Å². The predicted octanol–water partition coefficient (Wildman–Crippen LogP) is 0.831. The number of aliphatic hydroxyl groups excluding tert-OH is 1. The topological polar surface area (TPSA) is 80.4 Å². The summed E-state index contributed by atoms with van der Waals surface area (Å²) in [5.74, 6) is 0.103. The van der Waals surface area contributed by atoms with Gasteiger partial charge in [-0.2, -0.15) is 0 Å². The van der Waals surface area contributed by atoms with Crippen LogP contribution in [0.15, 0.2) is 29.2 Å². The van der Waals surface area contributed by atoms with Crippen molar-refractivity contribution in [3.63, 3.8) is 0 Å². The monoisotopic (exact) mass is 269 g/mol. The molecule has 0 spiro atoms. The molecule has 2 rings (SSSR count). The maximum absolute atomic E-state index is 12.1. The lowest BCUT2D eigenvalue weighted by Gasteiger charge is -2.41. The number of rotatable bonds is 3. The van der Waals surface area contributed by atoms with E-state index in [1.165, 1.54) is 0 Å². The van der Waals surface area contributed by atoms with Gasteiger partial charge in [0.2, 0.25) is 0 Å². The minimum absolute atomic E-state index is 0.00984. The molecule has 2 atom stereocenters. The molecule has 0 aromatic heterocycles. The molecule has 1 heterocycles. The van der Waals surface area contributed by atoms with Gasteiger partial charge >= 0.3 is 0 Å². The molecule has 3 N–H and O–H groups in total. The van der Waals surface area contributed by atoms with Gasteiger partial charge in [-0.3, -0.25) is 0 Å². The zero-order valence-electron chi connectivity index (χ0n) is 10.5. The van der Waals surface area contributed by atoms with E-state index < -0.39 is 15.3 Å². The van der Waals surface area contributed by atoms with E-state index in [1.807, 2.05) is 19.1 Å². The second-order valence-corrected chi connectivity index (χ2v) is 7.06. The molecule has 1 aliphatic rings. The van der Waals surface area contributed by atoms with E-state index in [-0.39, 0.29) is 18.4 Å². The number of hydrogen-bond acceptors (Lipinski definition) is 4. The van der Waals surface area contributed by atoms with Crippen LogP contribution in [0.1, 0.15) is 25.3 Å². The Balaban J connectivity index is 2.66. The Morgan fingerprint density at radius 2 is 2.11 bits per heavy atom. The molecule has 0 fully saturated rings. The summed E-state index contributed by atoms with van der Waals surface area (Å²) in [6, 6.07) is 6.82. The molecular formula is C13H19NO3S. The van der Waals surface area contributed by atoms with E-state index in [2.05, 4.69) is 0 Å². The lowest BCUT2D eigenvalue weighted by atomic mass is 9.70. The van der Waals surface area contributed by atoms with Crippen molar-refractivity contribution in [2.45, 2.75) is 36.1 Å². The zero-order valence-corrected chi connectivity index (χ0v) is 11.3. The largest absolute Gasteiger partial charge is 0.396 e. The van der Waals surface area contributed by atoms with Crippen LogP contribution < -0.4 is 5.73 Å². The van der Waals surface area contributed by atoms with Crippen LogP contribution in [-0.2, 0) is 15.3 Å². The average molecular weight is 269 g/mol. The second kappa shape index (κ2) is 4.64. The smallest absolute Gasteiger partial charge is 0.178 e. The second-order valence-electron chi connectivity index (χ2n) is 4.98. The van der Waals surface area contributed by atoms with Crippen LogP contribution in [0.25, 0.3) is 0 Å². The summed E-state index contributed by atoms with van der Waals surface area (Å²) >= 11 is 0. The van der Waals surface area contributed by atoms with Crippen LogP contribution in [0.4, 0.5) is 0 Å². The number of fused-ring (bicyclic) bond motifs is 1. The molecule has 0 saturated heterocycles. The molecule has 0 bridgehead atoms. The number of aliphatic hydroxyl groups is 1. The average Bonchev–Trinajstić information content (AvgIpc) is 2.33. The molecule has 2 unspecified atom stereocenters. The molecule has 4 nitrogen and oxygen atoms in total. The van der Waals surface area contributed by atoms with Gasteiger partial charge in [0, 0.05) is 18.1 Å². The quantitative estimate of drug-likeness (QED) is 0.851. The zero-order chi connectivity index (χ0) is 13.4. The maximum Gasteiger partial charge on any atom is 0.178 e. The lowest BCUT2D eigenvalue weighted by Crippen LogP contribution is -2.48. The summed E-state index contributed by atoms with van der Waals surface area (Å²) in [6.07, 6.45) is 0.974. The summed E-state index contributed by atoms with van der Waals surface area (Å²) < 4.78 is 24.2. The van der Waals surface area contributed by atoms with Gasteiger partial charge in [-0.25, -0.2) is 8.42 Å². The molecule has 0 amide bonds. The highest BCUT2D eigenvalue weighted by molar-refractivity contribution is 7.91. The van der Waals surface area contributed by atoms with E-state index in [0.29, 0.717) is 17.7 Å². The van der Waals surface area contributed by atoms with Gasteiger partial charge in [-0.1, -0.05) is 18.2 Å².